The van der Waals surface area contributed by atoms with E-state index in [0.29, 0.717) is 31.7 Å². The molecular weight excluding hydrogens is 416 g/mol. The van der Waals surface area contributed by atoms with E-state index in [0.717, 1.165) is 18.5 Å². The highest BCUT2D eigenvalue weighted by Crippen LogP contribution is 2.32. The molecule has 1 aliphatic rings. The van der Waals surface area contributed by atoms with Crippen molar-refractivity contribution < 1.29 is 23.9 Å². The fourth-order valence-corrected chi connectivity index (χ4v) is 4.72. The van der Waals surface area contributed by atoms with E-state index < -0.39 is 11.5 Å². The molecule has 7 nitrogen and oxygen atoms in total. The Morgan fingerprint density at radius 1 is 1.13 bits per heavy atom. The highest BCUT2D eigenvalue weighted by atomic mass is 32.1. The number of rotatable bonds is 9. The van der Waals surface area contributed by atoms with Crippen LogP contribution in [0.1, 0.15) is 30.2 Å². The highest BCUT2D eigenvalue weighted by molar-refractivity contribution is 7.09. The number of carbonyl (C=O) groups is 2. The van der Waals surface area contributed by atoms with Crippen LogP contribution in [0.4, 0.5) is 0 Å². The van der Waals surface area contributed by atoms with Crippen LogP contribution in [0.25, 0.3) is 0 Å². The number of methoxy groups -OCH3 is 2. The quantitative estimate of drug-likeness (QED) is 0.435. The predicted octanol–water partition coefficient (Wildman–Crippen LogP) is 3.29. The zero-order valence-electron chi connectivity index (χ0n) is 18.3. The number of para-hydroxylation sites is 1. The largest absolute Gasteiger partial charge is 0.496 e. The van der Waals surface area contributed by atoms with Crippen LogP contribution >= 0.6 is 11.3 Å². The number of hydrogen-bond acceptors (Lipinski definition) is 7. The summed E-state index contributed by atoms with van der Waals surface area (Å²) in [4.78, 5) is 35.0. The van der Waals surface area contributed by atoms with Crippen molar-refractivity contribution in [2.75, 3.05) is 33.9 Å². The molecule has 168 valence electrons. The van der Waals surface area contributed by atoms with Crippen LogP contribution in [0, 0.1) is 0 Å². The fourth-order valence-electron chi connectivity index (χ4n) is 4.02. The smallest absolute Gasteiger partial charge is 0.334 e. The zero-order chi connectivity index (χ0) is 22.3. The Bertz CT molecular complexity index is 863. The number of nitrogens with zero attached hydrogens (tertiary/aromatic N) is 2. The summed E-state index contributed by atoms with van der Waals surface area (Å²) in [6.45, 7) is 3.81. The molecule has 1 aromatic carbocycles. The number of benzene rings is 1. The molecular formula is C23H30N2O5S. The second-order valence-electron chi connectivity index (χ2n) is 7.59. The summed E-state index contributed by atoms with van der Waals surface area (Å²) in [5.74, 6) is -0.102. The third-order valence-corrected chi connectivity index (χ3v) is 6.66. The van der Waals surface area contributed by atoms with Gasteiger partial charge in [0.05, 0.1) is 14.2 Å². The van der Waals surface area contributed by atoms with Gasteiger partial charge in [-0.15, -0.1) is 11.3 Å². The van der Waals surface area contributed by atoms with Gasteiger partial charge in [0, 0.05) is 37.0 Å². The lowest BCUT2D eigenvalue weighted by atomic mass is 9.86. The summed E-state index contributed by atoms with van der Waals surface area (Å²) in [7, 11) is 2.94. The molecule has 2 heterocycles. The summed E-state index contributed by atoms with van der Waals surface area (Å²) in [6, 6.07) is 11.6. The molecule has 1 saturated heterocycles. The van der Waals surface area contributed by atoms with Gasteiger partial charge in [0.15, 0.2) is 5.54 Å². The molecule has 0 bridgehead atoms. The summed E-state index contributed by atoms with van der Waals surface area (Å²) in [6.07, 6.45) is 1.88. The van der Waals surface area contributed by atoms with E-state index >= 15 is 0 Å². The predicted molar refractivity (Wildman–Crippen MR) is 119 cm³/mol. The van der Waals surface area contributed by atoms with E-state index in [2.05, 4.69) is 22.4 Å². The molecule has 2 aromatic rings. The third-order valence-electron chi connectivity index (χ3n) is 5.72. The number of hydroxylamine groups is 2. The molecule has 0 N–H and O–H groups in total. The first-order valence-electron chi connectivity index (χ1n) is 10.4. The molecule has 0 radical (unpaired) electrons. The van der Waals surface area contributed by atoms with Crippen LogP contribution in [-0.2, 0) is 32.2 Å². The average Bonchev–Trinajstić information content (AvgIpc) is 3.31. The third kappa shape index (κ3) is 5.44. The Morgan fingerprint density at radius 2 is 1.87 bits per heavy atom. The van der Waals surface area contributed by atoms with E-state index in [4.69, 9.17) is 14.3 Å². The van der Waals surface area contributed by atoms with E-state index in [9.17, 15) is 9.59 Å². The number of esters is 1. The molecule has 0 spiro atoms. The minimum absolute atomic E-state index is 0.116. The molecule has 8 heteroatoms. The molecule has 3 rings (SSSR count). The molecule has 0 aliphatic carbocycles. The van der Waals surface area contributed by atoms with E-state index in [1.54, 1.807) is 18.4 Å². The van der Waals surface area contributed by atoms with Crippen LogP contribution in [0.5, 0.6) is 5.75 Å². The summed E-state index contributed by atoms with van der Waals surface area (Å²) in [5, 5.41) is 3.31. The maximum atomic E-state index is 12.9. The number of ether oxygens (including phenoxy) is 2. The Kier molecular flexibility index (Phi) is 8.06. The lowest BCUT2D eigenvalue weighted by molar-refractivity contribution is -0.240. The average molecular weight is 447 g/mol. The minimum Gasteiger partial charge on any atom is -0.496 e. The molecule has 1 fully saturated rings. The van der Waals surface area contributed by atoms with Crippen LogP contribution in [-0.4, -0.2) is 61.2 Å². The van der Waals surface area contributed by atoms with Gasteiger partial charge in [-0.25, -0.2) is 9.86 Å². The maximum absolute atomic E-state index is 12.9. The zero-order valence-corrected chi connectivity index (χ0v) is 19.2. The van der Waals surface area contributed by atoms with Crippen molar-refractivity contribution in [2.24, 2.45) is 0 Å². The SMILES string of the molecule is COC(=O)C1(N(OCc2ccccc2OC)C(C)=O)CCN(CCc2cccs2)CC1. The van der Waals surface area contributed by atoms with Crippen LogP contribution in [0.3, 0.4) is 0 Å². The van der Waals surface area contributed by atoms with Gasteiger partial charge in [-0.1, -0.05) is 24.3 Å². The number of likely N-dealkylation sites (tertiary alicyclic amines) is 1. The molecule has 31 heavy (non-hydrogen) atoms. The number of piperidine rings is 1. The van der Waals surface area contributed by atoms with Gasteiger partial charge in [0.1, 0.15) is 12.4 Å². The Hall–Kier alpha value is -2.42. The van der Waals surface area contributed by atoms with Gasteiger partial charge in [-0.05, 0) is 36.8 Å². The first-order chi connectivity index (χ1) is 15.0. The van der Waals surface area contributed by atoms with E-state index in [1.807, 2.05) is 24.3 Å². The second kappa shape index (κ2) is 10.7. The van der Waals surface area contributed by atoms with Gasteiger partial charge in [0.25, 0.3) is 0 Å². The molecule has 1 amide bonds. The Morgan fingerprint density at radius 3 is 2.48 bits per heavy atom. The van der Waals surface area contributed by atoms with Gasteiger partial charge in [-0.2, -0.15) is 0 Å². The van der Waals surface area contributed by atoms with Crippen molar-refractivity contribution in [3.8, 4) is 5.75 Å². The van der Waals surface area contributed by atoms with Crippen molar-refractivity contribution in [3.05, 3.63) is 52.2 Å². The van der Waals surface area contributed by atoms with Crippen molar-refractivity contribution in [2.45, 2.75) is 38.3 Å². The maximum Gasteiger partial charge on any atom is 0.334 e. The molecule has 1 aromatic heterocycles. The number of hydrogen-bond donors (Lipinski definition) is 0. The van der Waals surface area contributed by atoms with Gasteiger partial charge >= 0.3 is 5.97 Å². The standard InChI is InChI=1S/C23H30N2O5S/c1-18(26)25(30-17-19-7-4-5-9-21(19)28-2)23(22(27)29-3)11-14-24(15-12-23)13-10-20-8-6-16-31-20/h4-9,16H,10-15,17H2,1-3H3. The monoisotopic (exact) mass is 446 g/mol. The fraction of sp³-hybridized carbons (Fsp3) is 0.478. The molecule has 0 atom stereocenters. The lowest BCUT2D eigenvalue weighted by Crippen LogP contribution is -2.61. The normalized spacial score (nSPS) is 16.0. The Labute approximate surface area is 187 Å². The Balaban J connectivity index is 1.71. The summed E-state index contributed by atoms with van der Waals surface area (Å²) < 4.78 is 10.5. The second-order valence-corrected chi connectivity index (χ2v) is 8.63. The van der Waals surface area contributed by atoms with Crippen molar-refractivity contribution in [1.29, 1.82) is 0 Å². The summed E-state index contributed by atoms with van der Waals surface area (Å²) in [5.41, 5.74) is -0.341. The van der Waals surface area contributed by atoms with Crippen molar-refractivity contribution in [1.82, 2.24) is 9.96 Å². The van der Waals surface area contributed by atoms with E-state index in [-0.39, 0.29) is 12.5 Å². The number of amides is 1. The minimum atomic E-state index is -1.14. The molecule has 0 unspecified atom stereocenters. The number of carbonyl (C=O) groups excluding carboxylic acids is 2. The lowest BCUT2D eigenvalue weighted by Gasteiger charge is -2.45. The van der Waals surface area contributed by atoms with Crippen LogP contribution in [0.2, 0.25) is 0 Å². The van der Waals surface area contributed by atoms with Gasteiger partial charge in [0.2, 0.25) is 5.91 Å². The molecule has 1 aliphatic heterocycles. The van der Waals surface area contributed by atoms with E-state index in [1.165, 1.54) is 24.0 Å². The number of thiophene rings is 1. The summed E-state index contributed by atoms with van der Waals surface area (Å²) >= 11 is 1.75. The molecule has 0 saturated carbocycles. The van der Waals surface area contributed by atoms with Crippen molar-refractivity contribution >= 4 is 23.2 Å². The van der Waals surface area contributed by atoms with Gasteiger partial charge in [-0.3, -0.25) is 9.63 Å². The topological polar surface area (TPSA) is 68.3 Å². The van der Waals surface area contributed by atoms with Crippen LogP contribution < -0.4 is 4.74 Å². The first-order valence-corrected chi connectivity index (χ1v) is 11.3. The highest BCUT2D eigenvalue weighted by Gasteiger charge is 2.50. The van der Waals surface area contributed by atoms with Crippen LogP contribution in [0.15, 0.2) is 41.8 Å². The first kappa shape index (κ1) is 23.2. The van der Waals surface area contributed by atoms with Gasteiger partial charge < -0.3 is 14.4 Å². The van der Waals surface area contributed by atoms with Crippen molar-refractivity contribution in [3.63, 3.8) is 0 Å².